The summed E-state index contributed by atoms with van der Waals surface area (Å²) in [5.41, 5.74) is 0.866. The number of hydrogen-bond donors (Lipinski definition) is 2. The van der Waals surface area contributed by atoms with Crippen molar-refractivity contribution in [3.8, 4) is 0 Å². The molecule has 1 fully saturated rings. The van der Waals surface area contributed by atoms with Crippen LogP contribution in [0.2, 0.25) is 5.02 Å². The molecule has 2 rings (SSSR count). The molecule has 5 nitrogen and oxygen atoms in total. The lowest BCUT2D eigenvalue weighted by molar-refractivity contribution is -0.142. The molecule has 0 aromatic heterocycles. The van der Waals surface area contributed by atoms with E-state index in [-0.39, 0.29) is 24.3 Å². The SMILES string of the molecule is CC1CN(CC(=O)NCc2ccccc2Cl)CC1C(=O)O. The Morgan fingerprint density at radius 1 is 1.38 bits per heavy atom. The van der Waals surface area contributed by atoms with Crippen LogP contribution in [0.5, 0.6) is 0 Å². The minimum Gasteiger partial charge on any atom is -0.481 e. The van der Waals surface area contributed by atoms with E-state index in [1.54, 1.807) is 6.07 Å². The Kier molecular flexibility index (Phi) is 5.20. The Hall–Kier alpha value is -1.59. The van der Waals surface area contributed by atoms with E-state index in [0.29, 0.717) is 24.7 Å². The number of hydrogen-bond acceptors (Lipinski definition) is 3. The van der Waals surface area contributed by atoms with Gasteiger partial charge in [-0.3, -0.25) is 14.5 Å². The van der Waals surface area contributed by atoms with Crippen molar-refractivity contribution in [1.82, 2.24) is 10.2 Å². The van der Waals surface area contributed by atoms with Gasteiger partial charge in [0.1, 0.15) is 0 Å². The van der Waals surface area contributed by atoms with Crippen molar-refractivity contribution in [2.75, 3.05) is 19.6 Å². The molecule has 0 spiro atoms. The lowest BCUT2D eigenvalue weighted by Crippen LogP contribution is -2.36. The summed E-state index contributed by atoms with van der Waals surface area (Å²) < 4.78 is 0. The van der Waals surface area contributed by atoms with Crippen LogP contribution in [0.25, 0.3) is 0 Å². The molecular formula is C15H19ClN2O3. The molecule has 1 aromatic rings. The lowest BCUT2D eigenvalue weighted by Gasteiger charge is -2.15. The van der Waals surface area contributed by atoms with Crippen LogP contribution in [0.3, 0.4) is 0 Å². The van der Waals surface area contributed by atoms with Crippen LogP contribution < -0.4 is 5.32 Å². The van der Waals surface area contributed by atoms with Gasteiger partial charge in [-0.2, -0.15) is 0 Å². The first-order chi connectivity index (χ1) is 9.97. The number of amides is 1. The maximum atomic E-state index is 11.9. The Balaban J connectivity index is 1.81. The van der Waals surface area contributed by atoms with E-state index in [0.717, 1.165) is 5.56 Å². The summed E-state index contributed by atoms with van der Waals surface area (Å²) in [7, 11) is 0. The van der Waals surface area contributed by atoms with E-state index >= 15 is 0 Å². The van der Waals surface area contributed by atoms with Crippen LogP contribution >= 0.6 is 11.6 Å². The summed E-state index contributed by atoms with van der Waals surface area (Å²) >= 11 is 6.02. The van der Waals surface area contributed by atoms with Gasteiger partial charge in [0, 0.05) is 24.7 Å². The molecule has 0 radical (unpaired) electrons. The lowest BCUT2D eigenvalue weighted by atomic mass is 9.99. The number of carbonyl (C=O) groups is 2. The van der Waals surface area contributed by atoms with Gasteiger partial charge < -0.3 is 10.4 Å². The Bertz CT molecular complexity index is 535. The molecule has 2 N–H and O–H groups in total. The minimum atomic E-state index is -0.790. The normalized spacial score (nSPS) is 22.2. The molecule has 1 heterocycles. The predicted molar refractivity (Wildman–Crippen MR) is 80.0 cm³/mol. The summed E-state index contributed by atoms with van der Waals surface area (Å²) in [5, 5.41) is 12.5. The van der Waals surface area contributed by atoms with Crippen molar-refractivity contribution >= 4 is 23.5 Å². The largest absolute Gasteiger partial charge is 0.481 e. The van der Waals surface area contributed by atoms with Gasteiger partial charge >= 0.3 is 5.97 Å². The maximum absolute atomic E-state index is 11.9. The van der Waals surface area contributed by atoms with Gasteiger partial charge in [0.15, 0.2) is 0 Å². The third-order valence-electron chi connectivity index (χ3n) is 3.81. The molecule has 114 valence electrons. The third-order valence-corrected chi connectivity index (χ3v) is 4.17. The van der Waals surface area contributed by atoms with Crippen LogP contribution in [0.4, 0.5) is 0 Å². The predicted octanol–water partition coefficient (Wildman–Crippen LogP) is 1.61. The Labute approximate surface area is 128 Å². The first-order valence-corrected chi connectivity index (χ1v) is 7.30. The van der Waals surface area contributed by atoms with Gasteiger partial charge in [-0.15, -0.1) is 0 Å². The minimum absolute atomic E-state index is 0.0684. The highest BCUT2D eigenvalue weighted by Crippen LogP contribution is 2.22. The van der Waals surface area contributed by atoms with Gasteiger partial charge in [0.25, 0.3) is 0 Å². The van der Waals surface area contributed by atoms with Gasteiger partial charge in [-0.1, -0.05) is 36.7 Å². The second-order valence-corrected chi connectivity index (χ2v) is 5.89. The molecule has 1 aromatic carbocycles. The zero-order chi connectivity index (χ0) is 15.4. The average Bonchev–Trinajstić information content (AvgIpc) is 2.79. The van der Waals surface area contributed by atoms with Gasteiger partial charge in [-0.05, 0) is 17.5 Å². The second-order valence-electron chi connectivity index (χ2n) is 5.48. The van der Waals surface area contributed by atoms with Crippen LogP contribution in [0.15, 0.2) is 24.3 Å². The number of likely N-dealkylation sites (tertiary alicyclic amines) is 1. The van der Waals surface area contributed by atoms with Crippen LogP contribution in [-0.2, 0) is 16.1 Å². The number of halogens is 1. The maximum Gasteiger partial charge on any atom is 0.308 e. The number of nitrogens with one attached hydrogen (secondary N) is 1. The van der Waals surface area contributed by atoms with E-state index in [9.17, 15) is 9.59 Å². The molecule has 1 saturated heterocycles. The molecule has 0 bridgehead atoms. The number of carbonyl (C=O) groups excluding carboxylic acids is 1. The number of aliphatic carboxylic acids is 1. The van der Waals surface area contributed by atoms with Crippen molar-refractivity contribution in [3.05, 3.63) is 34.9 Å². The number of carboxylic acids is 1. The summed E-state index contributed by atoms with van der Waals surface area (Å²) in [6.45, 7) is 3.57. The summed E-state index contributed by atoms with van der Waals surface area (Å²) in [4.78, 5) is 24.9. The second kappa shape index (κ2) is 6.91. The number of rotatable bonds is 5. The van der Waals surface area contributed by atoms with Gasteiger partial charge in [0.2, 0.25) is 5.91 Å². The molecule has 21 heavy (non-hydrogen) atoms. The summed E-state index contributed by atoms with van der Waals surface area (Å²) in [5.74, 6) is -1.23. The van der Waals surface area contributed by atoms with E-state index < -0.39 is 5.97 Å². The smallest absolute Gasteiger partial charge is 0.308 e. The fraction of sp³-hybridized carbons (Fsp3) is 0.467. The van der Waals surface area contributed by atoms with Crippen LogP contribution in [-0.4, -0.2) is 41.5 Å². The molecule has 6 heteroatoms. The van der Waals surface area contributed by atoms with Crippen LogP contribution in [0.1, 0.15) is 12.5 Å². The molecule has 2 atom stereocenters. The highest BCUT2D eigenvalue weighted by Gasteiger charge is 2.35. The zero-order valence-electron chi connectivity index (χ0n) is 11.9. The average molecular weight is 311 g/mol. The highest BCUT2D eigenvalue weighted by molar-refractivity contribution is 6.31. The molecule has 1 amide bonds. The Morgan fingerprint density at radius 2 is 2.10 bits per heavy atom. The number of nitrogens with zero attached hydrogens (tertiary/aromatic N) is 1. The molecule has 1 aliphatic heterocycles. The van der Waals surface area contributed by atoms with E-state index in [4.69, 9.17) is 16.7 Å². The van der Waals surface area contributed by atoms with Crippen molar-refractivity contribution in [1.29, 1.82) is 0 Å². The van der Waals surface area contributed by atoms with Crippen molar-refractivity contribution < 1.29 is 14.7 Å². The molecular weight excluding hydrogens is 292 g/mol. The monoisotopic (exact) mass is 310 g/mol. The number of carboxylic acid groups (broad SMARTS) is 1. The van der Waals surface area contributed by atoms with Crippen molar-refractivity contribution in [2.45, 2.75) is 13.5 Å². The van der Waals surface area contributed by atoms with Gasteiger partial charge in [0.05, 0.1) is 12.5 Å². The van der Waals surface area contributed by atoms with Crippen molar-refractivity contribution in [3.63, 3.8) is 0 Å². The highest BCUT2D eigenvalue weighted by atomic mass is 35.5. The van der Waals surface area contributed by atoms with Gasteiger partial charge in [-0.25, -0.2) is 0 Å². The van der Waals surface area contributed by atoms with Crippen molar-refractivity contribution in [2.24, 2.45) is 11.8 Å². The quantitative estimate of drug-likeness (QED) is 0.867. The first kappa shape index (κ1) is 15.8. The fourth-order valence-corrected chi connectivity index (χ4v) is 2.81. The van der Waals surface area contributed by atoms with Crippen LogP contribution in [0, 0.1) is 11.8 Å². The molecule has 0 saturated carbocycles. The van der Waals surface area contributed by atoms with E-state index in [1.165, 1.54) is 0 Å². The zero-order valence-corrected chi connectivity index (χ0v) is 12.6. The summed E-state index contributed by atoms with van der Waals surface area (Å²) in [6.07, 6.45) is 0. The fourth-order valence-electron chi connectivity index (χ4n) is 2.61. The summed E-state index contributed by atoms with van der Waals surface area (Å²) in [6, 6.07) is 7.35. The molecule has 1 aliphatic rings. The van der Waals surface area contributed by atoms with E-state index in [2.05, 4.69) is 5.32 Å². The standard InChI is InChI=1S/C15H19ClN2O3/c1-10-7-18(8-12(10)15(20)21)9-14(19)17-6-11-4-2-3-5-13(11)16/h2-5,10,12H,6-9H2,1H3,(H,17,19)(H,20,21). The van der Waals surface area contributed by atoms with E-state index in [1.807, 2.05) is 30.0 Å². The topological polar surface area (TPSA) is 69.6 Å². The first-order valence-electron chi connectivity index (χ1n) is 6.92. The third kappa shape index (κ3) is 4.19. The molecule has 2 unspecified atom stereocenters. The Morgan fingerprint density at radius 3 is 2.71 bits per heavy atom. The molecule has 0 aliphatic carbocycles. The number of benzene rings is 1.